The largest absolute Gasteiger partial charge is 0.490 e. The zero-order valence-corrected chi connectivity index (χ0v) is 18.0. The van der Waals surface area contributed by atoms with E-state index >= 15 is 0 Å². The first kappa shape index (κ1) is 20.9. The monoisotopic (exact) mass is 428 g/mol. The van der Waals surface area contributed by atoms with Crippen LogP contribution in [0.15, 0.2) is 53.4 Å². The van der Waals surface area contributed by atoms with Crippen molar-refractivity contribution in [3.05, 3.63) is 59.7 Å². The molecule has 1 aliphatic heterocycles. The van der Waals surface area contributed by atoms with Crippen LogP contribution in [0.5, 0.6) is 5.75 Å². The van der Waals surface area contributed by atoms with Crippen LogP contribution in [0.1, 0.15) is 48.0 Å². The molecule has 2 fully saturated rings. The van der Waals surface area contributed by atoms with Gasteiger partial charge in [0.25, 0.3) is 5.91 Å². The molecule has 1 aliphatic carbocycles. The van der Waals surface area contributed by atoms with E-state index in [0.29, 0.717) is 42.1 Å². The number of benzene rings is 2. The van der Waals surface area contributed by atoms with Crippen molar-refractivity contribution in [1.82, 2.24) is 9.62 Å². The second-order valence-electron chi connectivity index (χ2n) is 8.13. The zero-order valence-electron chi connectivity index (χ0n) is 17.2. The standard InChI is InChI=1S/C23H28N2O4S/c1-17-9-11-20(12-10-17)30(27,28)25-15-13-18(14-16-25)24-23(26)21-7-2-3-8-22(21)29-19-5-4-6-19/h2-3,7-12,18-19H,4-6,13-16H2,1H3,(H,24,26). The molecular formula is C23H28N2O4S. The molecule has 1 N–H and O–H groups in total. The molecule has 30 heavy (non-hydrogen) atoms. The van der Waals surface area contributed by atoms with Crippen LogP contribution in [-0.2, 0) is 10.0 Å². The number of rotatable bonds is 6. The third-order valence-electron chi connectivity index (χ3n) is 5.93. The summed E-state index contributed by atoms with van der Waals surface area (Å²) in [5.41, 5.74) is 1.57. The molecule has 0 spiro atoms. The molecule has 0 bridgehead atoms. The Bertz CT molecular complexity index is 992. The fourth-order valence-electron chi connectivity index (χ4n) is 3.79. The van der Waals surface area contributed by atoms with Crippen LogP contribution in [0.2, 0.25) is 0 Å². The normalized spacial score (nSPS) is 18.6. The van der Waals surface area contributed by atoms with Crippen molar-refractivity contribution in [2.75, 3.05) is 13.1 Å². The fourth-order valence-corrected chi connectivity index (χ4v) is 5.26. The van der Waals surface area contributed by atoms with Gasteiger partial charge in [-0.15, -0.1) is 0 Å². The summed E-state index contributed by atoms with van der Waals surface area (Å²) >= 11 is 0. The van der Waals surface area contributed by atoms with Crippen LogP contribution < -0.4 is 10.1 Å². The quantitative estimate of drug-likeness (QED) is 0.764. The van der Waals surface area contributed by atoms with E-state index < -0.39 is 10.0 Å². The van der Waals surface area contributed by atoms with Crippen molar-refractivity contribution >= 4 is 15.9 Å². The molecule has 4 rings (SSSR count). The highest BCUT2D eigenvalue weighted by Crippen LogP contribution is 2.28. The number of nitrogens with one attached hydrogen (secondary N) is 1. The Hall–Kier alpha value is -2.38. The average molecular weight is 429 g/mol. The summed E-state index contributed by atoms with van der Waals surface area (Å²) in [7, 11) is -3.50. The average Bonchev–Trinajstić information content (AvgIpc) is 2.72. The Labute approximate surface area is 178 Å². The topological polar surface area (TPSA) is 75.7 Å². The van der Waals surface area contributed by atoms with Gasteiger partial charge < -0.3 is 10.1 Å². The molecule has 7 heteroatoms. The third-order valence-corrected chi connectivity index (χ3v) is 7.84. The summed E-state index contributed by atoms with van der Waals surface area (Å²) in [5.74, 6) is 0.462. The summed E-state index contributed by atoms with van der Waals surface area (Å²) in [4.78, 5) is 13.1. The number of aryl methyl sites for hydroxylation is 1. The number of amides is 1. The van der Waals surface area contributed by atoms with Crippen LogP contribution in [0.25, 0.3) is 0 Å². The van der Waals surface area contributed by atoms with Gasteiger partial charge in [-0.25, -0.2) is 8.42 Å². The molecule has 160 valence electrons. The lowest BCUT2D eigenvalue weighted by Crippen LogP contribution is -2.46. The Morgan fingerprint density at radius 3 is 2.30 bits per heavy atom. The smallest absolute Gasteiger partial charge is 0.255 e. The highest BCUT2D eigenvalue weighted by Gasteiger charge is 2.30. The molecule has 0 unspecified atom stereocenters. The summed E-state index contributed by atoms with van der Waals surface area (Å²) in [6.45, 7) is 2.71. The molecule has 2 aromatic carbocycles. The maximum Gasteiger partial charge on any atom is 0.255 e. The van der Waals surface area contributed by atoms with E-state index in [4.69, 9.17) is 4.74 Å². The van der Waals surface area contributed by atoms with Gasteiger partial charge in [0.05, 0.1) is 16.6 Å². The first-order valence-electron chi connectivity index (χ1n) is 10.6. The number of sulfonamides is 1. The van der Waals surface area contributed by atoms with Crippen LogP contribution >= 0.6 is 0 Å². The minimum absolute atomic E-state index is 0.0567. The molecule has 0 radical (unpaired) electrons. The minimum Gasteiger partial charge on any atom is -0.490 e. The first-order valence-corrected chi connectivity index (χ1v) is 12.0. The van der Waals surface area contributed by atoms with Crippen LogP contribution in [-0.4, -0.2) is 43.9 Å². The Morgan fingerprint density at radius 1 is 1.00 bits per heavy atom. The molecule has 2 aliphatic rings. The number of nitrogens with zero attached hydrogens (tertiary/aromatic N) is 1. The summed E-state index contributed by atoms with van der Waals surface area (Å²) in [6, 6.07) is 14.2. The number of ether oxygens (including phenoxy) is 1. The van der Waals surface area contributed by atoms with E-state index in [0.717, 1.165) is 18.4 Å². The lowest BCUT2D eigenvalue weighted by atomic mass is 9.96. The van der Waals surface area contributed by atoms with E-state index in [2.05, 4.69) is 5.32 Å². The van der Waals surface area contributed by atoms with E-state index in [9.17, 15) is 13.2 Å². The Balaban J connectivity index is 1.36. The van der Waals surface area contributed by atoms with Gasteiger partial charge in [-0.2, -0.15) is 4.31 Å². The van der Waals surface area contributed by atoms with Crippen molar-refractivity contribution in [2.45, 2.75) is 56.1 Å². The highest BCUT2D eigenvalue weighted by molar-refractivity contribution is 7.89. The molecule has 1 amide bonds. The predicted molar refractivity (Wildman–Crippen MR) is 115 cm³/mol. The van der Waals surface area contributed by atoms with E-state index in [1.54, 1.807) is 18.2 Å². The molecular weight excluding hydrogens is 400 g/mol. The van der Waals surface area contributed by atoms with Crippen molar-refractivity contribution in [3.63, 3.8) is 0 Å². The van der Waals surface area contributed by atoms with E-state index in [1.165, 1.54) is 10.7 Å². The van der Waals surface area contributed by atoms with Gasteiger partial charge in [-0.3, -0.25) is 4.79 Å². The van der Waals surface area contributed by atoms with Crippen molar-refractivity contribution in [3.8, 4) is 5.75 Å². The van der Waals surface area contributed by atoms with Gasteiger partial charge in [0.15, 0.2) is 0 Å². The molecule has 1 saturated heterocycles. The fraction of sp³-hybridized carbons (Fsp3) is 0.435. The molecule has 1 saturated carbocycles. The van der Waals surface area contributed by atoms with Gasteiger partial charge in [0.2, 0.25) is 10.0 Å². The highest BCUT2D eigenvalue weighted by atomic mass is 32.2. The number of carbonyl (C=O) groups is 1. The number of carbonyl (C=O) groups excluding carboxylic acids is 1. The molecule has 6 nitrogen and oxygen atoms in total. The number of hydrogen-bond acceptors (Lipinski definition) is 4. The predicted octanol–water partition coefficient (Wildman–Crippen LogP) is 3.51. The lowest BCUT2D eigenvalue weighted by molar-refractivity contribution is 0.0900. The van der Waals surface area contributed by atoms with Crippen LogP contribution in [0.4, 0.5) is 0 Å². The van der Waals surface area contributed by atoms with Gasteiger partial charge in [-0.1, -0.05) is 29.8 Å². The second-order valence-corrected chi connectivity index (χ2v) is 10.1. The molecule has 2 aromatic rings. The van der Waals surface area contributed by atoms with Crippen molar-refractivity contribution in [1.29, 1.82) is 0 Å². The number of hydrogen-bond donors (Lipinski definition) is 1. The van der Waals surface area contributed by atoms with Crippen LogP contribution in [0, 0.1) is 6.92 Å². The molecule has 1 heterocycles. The van der Waals surface area contributed by atoms with Gasteiger partial charge in [0.1, 0.15) is 5.75 Å². The SMILES string of the molecule is Cc1ccc(S(=O)(=O)N2CCC(NC(=O)c3ccccc3OC3CCC3)CC2)cc1. The third kappa shape index (κ3) is 4.52. The number of piperidine rings is 1. The van der Waals surface area contributed by atoms with E-state index in [-0.39, 0.29) is 18.1 Å². The summed E-state index contributed by atoms with van der Waals surface area (Å²) < 4.78 is 33.2. The first-order chi connectivity index (χ1) is 14.4. The summed E-state index contributed by atoms with van der Waals surface area (Å²) in [5, 5.41) is 3.06. The summed E-state index contributed by atoms with van der Waals surface area (Å²) in [6.07, 6.45) is 4.61. The second kappa shape index (κ2) is 8.78. The van der Waals surface area contributed by atoms with Crippen molar-refractivity contribution in [2.24, 2.45) is 0 Å². The van der Waals surface area contributed by atoms with Crippen LogP contribution in [0.3, 0.4) is 0 Å². The maximum absolute atomic E-state index is 12.9. The van der Waals surface area contributed by atoms with Gasteiger partial charge in [0, 0.05) is 19.1 Å². The number of para-hydroxylation sites is 1. The molecule has 0 aromatic heterocycles. The van der Waals surface area contributed by atoms with Gasteiger partial charge in [-0.05, 0) is 63.3 Å². The molecule has 0 atom stereocenters. The lowest BCUT2D eigenvalue weighted by Gasteiger charge is -2.32. The maximum atomic E-state index is 12.9. The zero-order chi connectivity index (χ0) is 21.1. The van der Waals surface area contributed by atoms with Gasteiger partial charge >= 0.3 is 0 Å². The minimum atomic E-state index is -3.50. The van der Waals surface area contributed by atoms with Crippen molar-refractivity contribution < 1.29 is 17.9 Å². The van der Waals surface area contributed by atoms with E-state index in [1.807, 2.05) is 37.3 Å². The Kier molecular flexibility index (Phi) is 6.11. The Morgan fingerprint density at radius 2 is 1.67 bits per heavy atom.